The van der Waals surface area contributed by atoms with Crippen molar-refractivity contribution in [1.82, 2.24) is 0 Å². The number of rotatable bonds is 4. The second-order valence-electron chi connectivity index (χ2n) is 16.3. The topological polar surface area (TPSA) is 65.1 Å². The molecular weight excluding hydrogens is 476 g/mol. The van der Waals surface area contributed by atoms with Gasteiger partial charge in [-0.2, -0.15) is 0 Å². The highest BCUT2D eigenvalue weighted by atomic mass is 16.7. The van der Waals surface area contributed by atoms with E-state index in [9.17, 15) is 9.59 Å². The van der Waals surface area contributed by atoms with E-state index >= 15 is 0 Å². The Bertz CT molecular complexity index is 1040. The summed E-state index contributed by atoms with van der Waals surface area (Å²) in [5, 5.41) is 0. The van der Waals surface area contributed by atoms with Crippen molar-refractivity contribution in [3.8, 4) is 0 Å². The zero-order chi connectivity index (χ0) is 27.7. The van der Waals surface area contributed by atoms with Crippen molar-refractivity contribution in [2.24, 2.45) is 50.7 Å². The van der Waals surface area contributed by atoms with Crippen molar-refractivity contribution in [1.29, 1.82) is 0 Å². The van der Waals surface area contributed by atoms with E-state index in [-0.39, 0.29) is 56.5 Å². The summed E-state index contributed by atoms with van der Waals surface area (Å²) in [4.78, 5) is 23.5. The van der Waals surface area contributed by atoms with Crippen LogP contribution in [0.25, 0.3) is 0 Å². The van der Waals surface area contributed by atoms with Crippen LogP contribution in [0, 0.1) is 50.7 Å². The first-order valence-electron chi connectivity index (χ1n) is 15.6. The van der Waals surface area contributed by atoms with E-state index in [1.54, 1.807) is 6.92 Å². The fraction of sp³-hybridized carbons (Fsp3) is 0.939. The van der Waals surface area contributed by atoms with Crippen molar-refractivity contribution in [2.45, 2.75) is 144 Å². The van der Waals surface area contributed by atoms with Gasteiger partial charge in [-0.3, -0.25) is 9.59 Å². The zero-order valence-electron chi connectivity index (χ0n) is 25.4. The van der Waals surface area contributed by atoms with E-state index in [2.05, 4.69) is 55.4 Å². The van der Waals surface area contributed by atoms with Crippen molar-refractivity contribution in [3.63, 3.8) is 0 Å². The molecule has 0 aromatic carbocycles. The highest BCUT2D eigenvalue weighted by molar-refractivity contribution is 5.66. The normalized spacial score (nSPS) is 56.0. The first-order valence-corrected chi connectivity index (χ1v) is 15.6. The van der Waals surface area contributed by atoms with Crippen LogP contribution >= 0.6 is 0 Å². The fourth-order valence-electron chi connectivity index (χ4n) is 13.0. The van der Waals surface area contributed by atoms with Gasteiger partial charge in [0.15, 0.2) is 0 Å². The average Bonchev–Trinajstić information content (AvgIpc) is 3.47. The summed E-state index contributed by atoms with van der Waals surface area (Å²) in [6.45, 7) is 21.8. The lowest BCUT2D eigenvalue weighted by molar-refractivity contribution is -0.251. The molecule has 1 aliphatic heterocycles. The minimum Gasteiger partial charge on any atom is -0.462 e. The molecule has 6 rings (SSSR count). The maximum Gasteiger partial charge on any atom is 0.302 e. The van der Waals surface area contributed by atoms with Gasteiger partial charge in [-0.15, -0.1) is 0 Å². The summed E-state index contributed by atoms with van der Waals surface area (Å²) in [6.07, 6.45) is 10.2. The number of carbonyl (C=O) groups is 2. The molecule has 6 aliphatic rings. The fourth-order valence-corrected chi connectivity index (χ4v) is 13.0. The predicted octanol–water partition coefficient (Wildman–Crippen LogP) is 7.10. The van der Waals surface area contributed by atoms with Gasteiger partial charge >= 0.3 is 5.97 Å². The maximum atomic E-state index is 11.9. The third kappa shape index (κ3) is 2.79. The Labute approximate surface area is 230 Å². The molecule has 1 heterocycles. The quantitative estimate of drug-likeness (QED) is 0.221. The molecule has 0 N–H and O–H groups in total. The van der Waals surface area contributed by atoms with Gasteiger partial charge in [0.1, 0.15) is 23.4 Å². The maximum absolute atomic E-state index is 11.9. The number of epoxide rings is 1. The van der Waals surface area contributed by atoms with E-state index in [0.29, 0.717) is 30.1 Å². The number of carbonyl (C=O) groups excluding carboxylic acids is 2. The zero-order valence-corrected chi connectivity index (χ0v) is 25.4. The Morgan fingerprint density at radius 3 is 2.13 bits per heavy atom. The van der Waals surface area contributed by atoms with Crippen LogP contribution < -0.4 is 0 Å². The van der Waals surface area contributed by atoms with Crippen LogP contribution in [0.1, 0.15) is 120 Å². The van der Waals surface area contributed by atoms with E-state index < -0.39 is 0 Å². The average molecular weight is 529 g/mol. The summed E-state index contributed by atoms with van der Waals surface area (Å²) in [7, 11) is 0. The smallest absolute Gasteiger partial charge is 0.302 e. The van der Waals surface area contributed by atoms with Crippen LogP contribution in [0.5, 0.6) is 0 Å². The minimum absolute atomic E-state index is 0.0151. The Kier molecular flexibility index (Phi) is 5.56. The van der Waals surface area contributed by atoms with Gasteiger partial charge in [0.2, 0.25) is 0 Å². The van der Waals surface area contributed by atoms with Crippen LogP contribution in [0.3, 0.4) is 0 Å². The summed E-state index contributed by atoms with van der Waals surface area (Å²) < 4.78 is 18.8. The summed E-state index contributed by atoms with van der Waals surface area (Å²) in [5.41, 5.74) is 0.184. The van der Waals surface area contributed by atoms with Gasteiger partial charge in [0, 0.05) is 17.8 Å². The van der Waals surface area contributed by atoms with Gasteiger partial charge in [0.05, 0.1) is 0 Å². The molecule has 5 aliphatic carbocycles. The predicted molar refractivity (Wildman–Crippen MR) is 146 cm³/mol. The van der Waals surface area contributed by atoms with E-state index in [4.69, 9.17) is 14.2 Å². The summed E-state index contributed by atoms with van der Waals surface area (Å²) in [6, 6.07) is 0. The molecule has 0 radical (unpaired) electrons. The molecule has 11 atom stereocenters. The summed E-state index contributed by atoms with van der Waals surface area (Å²) in [5.74, 6) is 1.87. The van der Waals surface area contributed by atoms with Crippen molar-refractivity contribution < 1.29 is 23.8 Å². The highest BCUT2D eigenvalue weighted by Gasteiger charge is 2.91. The molecule has 0 amide bonds. The van der Waals surface area contributed by atoms with Crippen molar-refractivity contribution in [2.75, 3.05) is 0 Å². The Balaban J connectivity index is 1.38. The minimum atomic E-state index is -0.344. The highest BCUT2D eigenvalue weighted by Crippen LogP contribution is 2.85. The molecule has 0 aromatic rings. The summed E-state index contributed by atoms with van der Waals surface area (Å²) >= 11 is 0. The number of hydrogen-bond donors (Lipinski definition) is 0. The third-order valence-corrected chi connectivity index (χ3v) is 14.8. The van der Waals surface area contributed by atoms with Crippen LogP contribution in [0.4, 0.5) is 0 Å². The lowest BCUT2D eigenvalue weighted by Gasteiger charge is -2.72. The van der Waals surface area contributed by atoms with Crippen LogP contribution in [0.15, 0.2) is 0 Å². The van der Waals surface area contributed by atoms with Crippen LogP contribution in [-0.4, -0.2) is 35.9 Å². The van der Waals surface area contributed by atoms with Gasteiger partial charge in [-0.1, -0.05) is 55.4 Å². The molecule has 6 fully saturated rings. The molecule has 1 spiro atoms. The first-order chi connectivity index (χ1) is 17.6. The Hall–Kier alpha value is -1.10. The molecule has 0 unspecified atom stereocenters. The van der Waals surface area contributed by atoms with E-state index in [0.717, 1.165) is 25.7 Å². The molecule has 38 heavy (non-hydrogen) atoms. The molecule has 5 nitrogen and oxygen atoms in total. The second-order valence-corrected chi connectivity index (χ2v) is 16.3. The van der Waals surface area contributed by atoms with Crippen LogP contribution in [0.2, 0.25) is 0 Å². The molecular formula is C33H52O5. The third-order valence-electron chi connectivity index (χ3n) is 14.8. The van der Waals surface area contributed by atoms with Crippen molar-refractivity contribution in [3.05, 3.63) is 0 Å². The molecule has 0 aromatic heterocycles. The second kappa shape index (κ2) is 7.79. The van der Waals surface area contributed by atoms with Gasteiger partial charge in [-0.25, -0.2) is 0 Å². The molecule has 5 saturated carbocycles. The van der Waals surface area contributed by atoms with Gasteiger partial charge in [0.25, 0.3) is 6.47 Å². The number of esters is 1. The first kappa shape index (κ1) is 27.1. The molecule has 1 saturated heterocycles. The lowest BCUT2D eigenvalue weighted by atomic mass is 9.32. The van der Waals surface area contributed by atoms with Gasteiger partial charge < -0.3 is 14.2 Å². The number of ether oxygens (including phenoxy) is 3. The standard InChI is InChI=1S/C33H52O5/c1-20(2)32-26(36-19-34)18-28(6)16-17-31(9)24(33(28,32)38-32)11-10-23-29(7)14-13-25(37-21(3)35)27(4,5)22(29)12-15-30(23,31)8/h19-20,22-26H,10-18H2,1-9H3/t22-,23+,24-,25-,26-,28-,29-,30+,31+,32+,33-/m0/s1. The van der Waals surface area contributed by atoms with Crippen molar-refractivity contribution >= 4 is 12.4 Å². The molecule has 214 valence electrons. The molecule has 5 heteroatoms. The Morgan fingerprint density at radius 1 is 0.842 bits per heavy atom. The lowest BCUT2D eigenvalue weighted by Crippen LogP contribution is -2.68. The Morgan fingerprint density at radius 2 is 1.50 bits per heavy atom. The molecule has 0 bridgehead atoms. The van der Waals surface area contributed by atoms with E-state index in [1.165, 1.54) is 32.1 Å². The number of fused-ring (bicyclic) bond motifs is 5. The number of hydrogen-bond acceptors (Lipinski definition) is 5. The largest absolute Gasteiger partial charge is 0.462 e. The SMILES string of the molecule is CC(=O)O[C@H]1CC[C@]2(C)[C@H]3CC[C@@H]4[C@@]56O[C@]5(C(C)C)[C@@H](OC=O)C[C@]6(C)CC[C@@]4(C)[C@]3(C)CC[C@H]2C1(C)C. The van der Waals surface area contributed by atoms with Crippen LogP contribution in [-0.2, 0) is 23.8 Å². The van der Waals surface area contributed by atoms with E-state index in [1.807, 2.05) is 0 Å². The monoisotopic (exact) mass is 528 g/mol. The van der Waals surface area contributed by atoms with Gasteiger partial charge in [-0.05, 0) is 97.7 Å².